The minimum Gasteiger partial charge on any atom is -0.368 e. The first-order valence-corrected chi connectivity index (χ1v) is 12.1. The lowest BCUT2D eigenvalue weighted by atomic mass is 9.88. The van der Waals surface area contributed by atoms with Crippen LogP contribution >= 0.6 is 23.2 Å². The summed E-state index contributed by atoms with van der Waals surface area (Å²) in [5, 5.41) is 4.72. The average Bonchev–Trinajstić information content (AvgIpc) is 3.12. The summed E-state index contributed by atoms with van der Waals surface area (Å²) in [7, 11) is -2.11. The van der Waals surface area contributed by atoms with E-state index in [0.717, 1.165) is 11.1 Å². The van der Waals surface area contributed by atoms with Crippen molar-refractivity contribution >= 4 is 39.2 Å². The second kappa shape index (κ2) is 9.11. The van der Waals surface area contributed by atoms with Crippen LogP contribution in [-0.4, -0.2) is 38.0 Å². The molecule has 0 aliphatic carbocycles. The monoisotopic (exact) mass is 488 g/mol. The molecule has 0 spiro atoms. The highest BCUT2D eigenvalue weighted by atomic mass is 35.5. The summed E-state index contributed by atoms with van der Waals surface area (Å²) >= 11 is 12.0. The molecule has 1 unspecified atom stereocenters. The minimum absolute atomic E-state index is 0.0283. The molecule has 4 rings (SSSR count). The maximum Gasteiger partial charge on any atom is 0.285 e. The molecule has 6 nitrogen and oxygen atoms in total. The third kappa shape index (κ3) is 4.61. The summed E-state index contributed by atoms with van der Waals surface area (Å²) < 4.78 is 29.5. The Labute approximate surface area is 197 Å². The van der Waals surface area contributed by atoms with Crippen molar-refractivity contribution in [2.75, 3.05) is 13.6 Å². The molecule has 9 heteroatoms. The highest BCUT2D eigenvalue weighted by molar-refractivity contribution is 7.90. The fourth-order valence-corrected chi connectivity index (χ4v) is 5.18. The quantitative estimate of drug-likeness (QED) is 0.425. The van der Waals surface area contributed by atoms with Gasteiger partial charge in [-0.05, 0) is 47.5 Å². The third-order valence-electron chi connectivity index (χ3n) is 5.56. The van der Waals surface area contributed by atoms with Crippen molar-refractivity contribution in [3.63, 3.8) is 0 Å². The molecular weight excluding hydrogens is 467 g/mol. The van der Waals surface area contributed by atoms with Gasteiger partial charge in [0.25, 0.3) is 10.0 Å². The van der Waals surface area contributed by atoms with Crippen molar-refractivity contribution in [2.24, 2.45) is 10.1 Å². The first-order chi connectivity index (χ1) is 15.3. The number of benzene rings is 3. The average molecular weight is 489 g/mol. The predicted octanol–water partition coefficient (Wildman–Crippen LogP) is 4.68. The zero-order valence-electron chi connectivity index (χ0n) is 17.3. The summed E-state index contributed by atoms with van der Waals surface area (Å²) in [6, 6.07) is 23.4. The zero-order valence-corrected chi connectivity index (χ0v) is 19.6. The van der Waals surface area contributed by atoms with Crippen LogP contribution < -0.4 is 5.73 Å². The lowest BCUT2D eigenvalue weighted by Gasteiger charge is -2.29. The third-order valence-corrected chi connectivity index (χ3v) is 7.36. The molecule has 2 N–H and O–H groups in total. The Hall–Kier alpha value is -2.58. The highest BCUT2D eigenvalue weighted by Gasteiger charge is 2.41. The summed E-state index contributed by atoms with van der Waals surface area (Å²) in [6.07, 6.45) is 0. The Morgan fingerprint density at radius 1 is 0.906 bits per heavy atom. The molecule has 1 aliphatic heterocycles. The Bertz CT molecular complexity index is 1220. The Kier molecular flexibility index (Phi) is 6.44. The number of hydrogen-bond acceptors (Lipinski definition) is 3. The van der Waals surface area contributed by atoms with Gasteiger partial charge in [-0.25, -0.2) is 5.01 Å². The van der Waals surface area contributed by atoms with Crippen LogP contribution in [0.25, 0.3) is 0 Å². The second-order valence-corrected chi connectivity index (χ2v) is 10.0. The van der Waals surface area contributed by atoms with E-state index in [4.69, 9.17) is 28.9 Å². The molecule has 1 aliphatic rings. The normalized spacial score (nSPS) is 20.0. The number of halogens is 2. The standard InChI is InChI=1S/C23H22Cl2N4O2S/c1-28-22(17-7-9-18(24)10-8-17)21(16-5-3-2-4-6-16)15-29(28)23(26)27-32(30,31)20-13-11-19(25)12-14-20/h2-14,21-22H,15H2,1H3,(H2,26,27)/t21-,22?/m1/s1. The van der Waals surface area contributed by atoms with E-state index < -0.39 is 10.0 Å². The molecule has 1 heterocycles. The molecule has 0 saturated carbocycles. The van der Waals surface area contributed by atoms with E-state index in [1.165, 1.54) is 24.3 Å². The number of likely N-dealkylation sites (N-methyl/N-ethyl adjacent to an activating group) is 1. The van der Waals surface area contributed by atoms with Crippen LogP contribution in [-0.2, 0) is 10.0 Å². The smallest absolute Gasteiger partial charge is 0.285 e. The Balaban J connectivity index is 1.70. The van der Waals surface area contributed by atoms with E-state index in [9.17, 15) is 8.42 Å². The van der Waals surface area contributed by atoms with Crippen LogP contribution in [0.3, 0.4) is 0 Å². The van der Waals surface area contributed by atoms with Gasteiger partial charge in [0.15, 0.2) is 0 Å². The van der Waals surface area contributed by atoms with Gasteiger partial charge in [0.05, 0.1) is 10.9 Å². The van der Waals surface area contributed by atoms with Crippen LogP contribution in [0.2, 0.25) is 10.0 Å². The number of hydrazine groups is 1. The van der Waals surface area contributed by atoms with Gasteiger partial charge in [-0.15, -0.1) is 4.40 Å². The minimum atomic E-state index is -3.99. The number of guanidine groups is 1. The fraction of sp³-hybridized carbons (Fsp3) is 0.174. The van der Waals surface area contributed by atoms with Crippen molar-refractivity contribution in [3.05, 3.63) is 100 Å². The first kappa shape index (κ1) is 22.6. The van der Waals surface area contributed by atoms with E-state index in [1.54, 1.807) is 5.01 Å². The first-order valence-electron chi connectivity index (χ1n) is 9.93. The van der Waals surface area contributed by atoms with Crippen LogP contribution in [0.5, 0.6) is 0 Å². The van der Waals surface area contributed by atoms with Crippen LogP contribution in [0, 0.1) is 0 Å². The number of nitrogens with zero attached hydrogens (tertiary/aromatic N) is 3. The van der Waals surface area contributed by atoms with Crippen molar-refractivity contribution in [3.8, 4) is 0 Å². The van der Waals surface area contributed by atoms with Gasteiger partial charge in [0.1, 0.15) is 0 Å². The largest absolute Gasteiger partial charge is 0.368 e. The molecule has 0 bridgehead atoms. The molecule has 166 valence electrons. The Morgan fingerprint density at radius 3 is 2.06 bits per heavy atom. The van der Waals surface area contributed by atoms with E-state index in [1.807, 2.05) is 54.5 Å². The summed E-state index contributed by atoms with van der Waals surface area (Å²) in [6.45, 7) is 0.472. The van der Waals surface area contributed by atoms with Gasteiger partial charge >= 0.3 is 0 Å². The molecule has 0 radical (unpaired) electrons. The van der Waals surface area contributed by atoms with E-state index in [2.05, 4.69) is 16.5 Å². The fourth-order valence-electron chi connectivity index (χ4n) is 4.01. The topological polar surface area (TPSA) is 79.0 Å². The predicted molar refractivity (Wildman–Crippen MR) is 128 cm³/mol. The van der Waals surface area contributed by atoms with Crippen molar-refractivity contribution in [2.45, 2.75) is 16.9 Å². The molecule has 32 heavy (non-hydrogen) atoms. The van der Waals surface area contributed by atoms with Crippen molar-refractivity contribution in [1.82, 2.24) is 10.0 Å². The molecule has 1 fully saturated rings. The van der Waals surface area contributed by atoms with Crippen molar-refractivity contribution < 1.29 is 8.42 Å². The molecular formula is C23H22Cl2N4O2S. The highest BCUT2D eigenvalue weighted by Crippen LogP contribution is 2.42. The maximum absolute atomic E-state index is 12.8. The van der Waals surface area contributed by atoms with Crippen LogP contribution in [0.1, 0.15) is 23.1 Å². The second-order valence-electron chi connectivity index (χ2n) is 7.55. The lowest BCUT2D eigenvalue weighted by molar-refractivity contribution is 0.0976. The van der Waals surface area contributed by atoms with Gasteiger partial charge in [0.2, 0.25) is 5.96 Å². The number of hydrogen-bond donors (Lipinski definition) is 1. The van der Waals surface area contributed by atoms with Gasteiger partial charge in [-0.1, -0.05) is 65.7 Å². The number of rotatable bonds is 4. The maximum atomic E-state index is 12.8. The zero-order chi connectivity index (χ0) is 22.9. The molecule has 3 aromatic rings. The van der Waals surface area contributed by atoms with Crippen LogP contribution in [0.4, 0.5) is 0 Å². The summed E-state index contributed by atoms with van der Waals surface area (Å²) in [5.41, 5.74) is 8.40. The van der Waals surface area contributed by atoms with Crippen molar-refractivity contribution in [1.29, 1.82) is 0 Å². The summed E-state index contributed by atoms with van der Waals surface area (Å²) in [5.74, 6) is -0.0609. The SMILES string of the molecule is CN1C(c2ccc(Cl)cc2)[C@@H](c2ccccc2)CN1C(N)=NS(=O)(=O)c1ccc(Cl)cc1. The Morgan fingerprint density at radius 2 is 1.47 bits per heavy atom. The molecule has 0 aromatic heterocycles. The van der Waals surface area contributed by atoms with Gasteiger partial charge in [-0.3, -0.25) is 5.01 Å². The van der Waals surface area contributed by atoms with E-state index in [-0.39, 0.29) is 22.8 Å². The van der Waals surface area contributed by atoms with Gasteiger partial charge in [0, 0.05) is 29.6 Å². The molecule has 2 atom stereocenters. The van der Waals surface area contributed by atoms with E-state index in [0.29, 0.717) is 16.6 Å². The number of sulfonamides is 1. The molecule has 3 aromatic carbocycles. The van der Waals surface area contributed by atoms with Gasteiger partial charge < -0.3 is 5.73 Å². The van der Waals surface area contributed by atoms with Gasteiger partial charge in [-0.2, -0.15) is 8.42 Å². The van der Waals surface area contributed by atoms with Crippen LogP contribution in [0.15, 0.2) is 88.2 Å². The number of nitrogens with two attached hydrogens (primary N) is 1. The van der Waals surface area contributed by atoms with E-state index >= 15 is 0 Å². The molecule has 0 amide bonds. The molecule has 1 saturated heterocycles. The lowest BCUT2D eigenvalue weighted by Crippen LogP contribution is -2.44. The summed E-state index contributed by atoms with van der Waals surface area (Å²) in [4.78, 5) is 0.0283.